The first-order chi connectivity index (χ1) is 10.6. The minimum Gasteiger partial charge on any atom is -0.494 e. The molecule has 1 heterocycles. The number of aromatic nitrogens is 1. The first-order valence-electron chi connectivity index (χ1n) is 7.35. The second kappa shape index (κ2) is 7.22. The van der Waals surface area contributed by atoms with E-state index in [1.165, 1.54) is 0 Å². The zero-order valence-electron chi connectivity index (χ0n) is 13.5. The number of nitrogens with zero attached hydrogens (tertiary/aromatic N) is 2. The van der Waals surface area contributed by atoms with E-state index in [1.54, 1.807) is 32.2 Å². The van der Waals surface area contributed by atoms with Gasteiger partial charge in [0.1, 0.15) is 17.4 Å². The van der Waals surface area contributed by atoms with Gasteiger partial charge in [0.2, 0.25) is 0 Å². The lowest BCUT2D eigenvalue weighted by Crippen LogP contribution is -2.35. The number of ether oxygens (including phenoxy) is 2. The van der Waals surface area contributed by atoms with Crippen LogP contribution < -0.4 is 4.74 Å². The molecule has 0 fully saturated rings. The SMILES string of the molecule is CCOC(C)C(=O)N(C)Cc1ccc(OC)c2ncccc12. The number of amides is 1. The molecular formula is C17H22N2O3. The summed E-state index contributed by atoms with van der Waals surface area (Å²) in [6.45, 7) is 4.68. The molecule has 1 unspecified atom stereocenters. The molecule has 1 aromatic carbocycles. The first-order valence-corrected chi connectivity index (χ1v) is 7.35. The minimum absolute atomic E-state index is 0.0327. The topological polar surface area (TPSA) is 51.7 Å². The third-order valence-corrected chi connectivity index (χ3v) is 3.59. The van der Waals surface area contributed by atoms with Crippen LogP contribution in [0.5, 0.6) is 5.75 Å². The van der Waals surface area contributed by atoms with Crippen molar-refractivity contribution < 1.29 is 14.3 Å². The van der Waals surface area contributed by atoms with Crippen LogP contribution in [0.2, 0.25) is 0 Å². The zero-order chi connectivity index (χ0) is 16.1. The van der Waals surface area contributed by atoms with Crippen molar-refractivity contribution in [2.45, 2.75) is 26.5 Å². The second-order valence-electron chi connectivity index (χ2n) is 5.12. The van der Waals surface area contributed by atoms with Crippen molar-refractivity contribution in [2.75, 3.05) is 20.8 Å². The minimum atomic E-state index is -0.433. The second-order valence-corrected chi connectivity index (χ2v) is 5.12. The van der Waals surface area contributed by atoms with Gasteiger partial charge in [0.15, 0.2) is 0 Å². The summed E-state index contributed by atoms with van der Waals surface area (Å²) in [5.41, 5.74) is 1.84. The number of fused-ring (bicyclic) bond motifs is 1. The van der Waals surface area contributed by atoms with Crippen molar-refractivity contribution in [2.24, 2.45) is 0 Å². The molecule has 2 aromatic rings. The molecule has 0 saturated carbocycles. The number of likely N-dealkylation sites (N-methyl/N-ethyl adjacent to an activating group) is 1. The standard InChI is InChI=1S/C17H22N2O3/c1-5-22-12(2)17(20)19(3)11-13-8-9-15(21-4)16-14(13)7-6-10-18-16/h6-10,12H,5,11H2,1-4H3. The number of benzene rings is 1. The van der Waals surface area contributed by atoms with Crippen LogP contribution in [0.3, 0.4) is 0 Å². The van der Waals surface area contributed by atoms with E-state index in [1.807, 2.05) is 31.2 Å². The van der Waals surface area contributed by atoms with Crippen molar-refractivity contribution >= 4 is 16.8 Å². The quantitative estimate of drug-likeness (QED) is 0.823. The Morgan fingerprint density at radius 2 is 2.14 bits per heavy atom. The van der Waals surface area contributed by atoms with Crippen molar-refractivity contribution in [3.8, 4) is 5.75 Å². The molecule has 1 aromatic heterocycles. The third-order valence-electron chi connectivity index (χ3n) is 3.59. The van der Waals surface area contributed by atoms with Crippen molar-refractivity contribution in [1.82, 2.24) is 9.88 Å². The lowest BCUT2D eigenvalue weighted by molar-refractivity contribution is -0.141. The summed E-state index contributed by atoms with van der Waals surface area (Å²) in [6, 6.07) is 7.73. The van der Waals surface area contributed by atoms with Crippen LogP contribution in [0.15, 0.2) is 30.5 Å². The number of hydrogen-bond acceptors (Lipinski definition) is 4. The highest BCUT2D eigenvalue weighted by atomic mass is 16.5. The maximum Gasteiger partial charge on any atom is 0.251 e. The van der Waals surface area contributed by atoms with Gasteiger partial charge in [-0.05, 0) is 31.5 Å². The summed E-state index contributed by atoms with van der Waals surface area (Å²) in [5, 5.41) is 0.991. The van der Waals surface area contributed by atoms with Crippen molar-refractivity contribution in [3.63, 3.8) is 0 Å². The van der Waals surface area contributed by atoms with Gasteiger partial charge in [-0.15, -0.1) is 0 Å². The number of hydrogen-bond donors (Lipinski definition) is 0. The largest absolute Gasteiger partial charge is 0.494 e. The van der Waals surface area contributed by atoms with Crippen molar-refractivity contribution in [3.05, 3.63) is 36.0 Å². The predicted octanol–water partition coefficient (Wildman–Crippen LogP) is 2.63. The Kier molecular flexibility index (Phi) is 5.33. The predicted molar refractivity (Wildman–Crippen MR) is 85.9 cm³/mol. The van der Waals surface area contributed by atoms with Crippen LogP contribution in [-0.4, -0.2) is 42.7 Å². The van der Waals surface area contributed by atoms with E-state index >= 15 is 0 Å². The van der Waals surface area contributed by atoms with Crippen LogP contribution in [-0.2, 0) is 16.1 Å². The Hall–Kier alpha value is -2.14. The summed E-state index contributed by atoms with van der Waals surface area (Å²) in [7, 11) is 3.41. The highest BCUT2D eigenvalue weighted by Gasteiger charge is 2.18. The van der Waals surface area contributed by atoms with Gasteiger partial charge in [0.05, 0.1) is 7.11 Å². The Bertz CT molecular complexity index is 657. The highest BCUT2D eigenvalue weighted by Crippen LogP contribution is 2.27. The molecule has 1 atom stereocenters. The van der Waals surface area contributed by atoms with E-state index in [-0.39, 0.29) is 5.91 Å². The Morgan fingerprint density at radius 3 is 2.82 bits per heavy atom. The average molecular weight is 302 g/mol. The normalized spacial score (nSPS) is 12.2. The van der Waals surface area contributed by atoms with Crippen LogP contribution in [0.4, 0.5) is 0 Å². The molecule has 0 spiro atoms. The third kappa shape index (κ3) is 3.36. The number of carbonyl (C=O) groups is 1. The van der Waals surface area contributed by atoms with Gasteiger partial charge in [0.25, 0.3) is 5.91 Å². The van der Waals surface area contributed by atoms with Crippen LogP contribution >= 0.6 is 0 Å². The first kappa shape index (κ1) is 16.2. The highest BCUT2D eigenvalue weighted by molar-refractivity contribution is 5.88. The Morgan fingerprint density at radius 1 is 1.36 bits per heavy atom. The smallest absolute Gasteiger partial charge is 0.251 e. The summed E-state index contributed by atoms with van der Waals surface area (Å²) in [4.78, 5) is 18.3. The van der Waals surface area contributed by atoms with Gasteiger partial charge in [0, 0.05) is 31.8 Å². The zero-order valence-corrected chi connectivity index (χ0v) is 13.5. The van der Waals surface area contributed by atoms with Gasteiger partial charge in [-0.25, -0.2) is 0 Å². The van der Waals surface area contributed by atoms with Crippen LogP contribution in [0.25, 0.3) is 10.9 Å². The maximum atomic E-state index is 12.3. The fourth-order valence-electron chi connectivity index (χ4n) is 2.47. The Labute approximate surface area is 130 Å². The number of pyridine rings is 1. The molecule has 0 aliphatic rings. The average Bonchev–Trinajstić information content (AvgIpc) is 2.54. The van der Waals surface area contributed by atoms with E-state index in [0.29, 0.717) is 13.2 Å². The molecule has 5 heteroatoms. The van der Waals surface area contributed by atoms with Gasteiger partial charge >= 0.3 is 0 Å². The lowest BCUT2D eigenvalue weighted by atomic mass is 10.1. The summed E-state index contributed by atoms with van der Waals surface area (Å²) < 4.78 is 10.7. The van der Waals surface area contributed by atoms with Gasteiger partial charge in [-0.1, -0.05) is 12.1 Å². The molecule has 0 aliphatic heterocycles. The molecule has 0 N–H and O–H groups in total. The molecule has 0 aliphatic carbocycles. The maximum absolute atomic E-state index is 12.3. The fraction of sp³-hybridized carbons (Fsp3) is 0.412. The molecule has 0 radical (unpaired) electrons. The van der Waals surface area contributed by atoms with E-state index in [4.69, 9.17) is 9.47 Å². The van der Waals surface area contributed by atoms with Crippen LogP contribution in [0, 0.1) is 0 Å². The monoisotopic (exact) mass is 302 g/mol. The lowest BCUT2D eigenvalue weighted by Gasteiger charge is -2.22. The van der Waals surface area contributed by atoms with E-state index in [0.717, 1.165) is 22.2 Å². The van der Waals surface area contributed by atoms with Crippen molar-refractivity contribution in [1.29, 1.82) is 0 Å². The summed E-state index contributed by atoms with van der Waals surface area (Å²) in [6.07, 6.45) is 1.30. The van der Waals surface area contributed by atoms with E-state index in [2.05, 4.69) is 4.98 Å². The summed E-state index contributed by atoms with van der Waals surface area (Å²) >= 11 is 0. The molecule has 118 valence electrons. The molecule has 5 nitrogen and oxygen atoms in total. The Balaban J connectivity index is 2.27. The summed E-state index contributed by atoms with van der Waals surface area (Å²) in [5.74, 6) is 0.700. The van der Waals surface area contributed by atoms with Gasteiger partial charge in [-0.3, -0.25) is 9.78 Å². The van der Waals surface area contributed by atoms with Crippen LogP contribution in [0.1, 0.15) is 19.4 Å². The fourth-order valence-corrected chi connectivity index (χ4v) is 2.47. The number of carbonyl (C=O) groups excluding carboxylic acids is 1. The molecule has 1 amide bonds. The molecule has 0 saturated heterocycles. The molecule has 22 heavy (non-hydrogen) atoms. The van der Waals surface area contributed by atoms with E-state index < -0.39 is 6.10 Å². The van der Waals surface area contributed by atoms with Gasteiger partial charge < -0.3 is 14.4 Å². The molecule has 0 bridgehead atoms. The molecular weight excluding hydrogens is 280 g/mol. The van der Waals surface area contributed by atoms with E-state index in [9.17, 15) is 4.79 Å². The van der Waals surface area contributed by atoms with Gasteiger partial charge in [-0.2, -0.15) is 0 Å². The number of methoxy groups -OCH3 is 1. The number of rotatable bonds is 6. The molecule has 2 rings (SSSR count).